The first-order valence-electron chi connectivity index (χ1n) is 6.37. The predicted molar refractivity (Wildman–Crippen MR) is 80.8 cm³/mol. The maximum Gasteiger partial charge on any atom is 0.250 e. The Hall–Kier alpha value is -1.37. The first-order chi connectivity index (χ1) is 9.63. The average molecular weight is 311 g/mol. The molecule has 0 bridgehead atoms. The zero-order valence-electron chi connectivity index (χ0n) is 11.2. The van der Waals surface area contributed by atoms with Gasteiger partial charge in [-0.1, -0.05) is 31.2 Å². The quantitative estimate of drug-likeness (QED) is 0.800. The minimum atomic E-state index is -3.40. The zero-order valence-corrected chi connectivity index (χ0v) is 12.8. The van der Waals surface area contributed by atoms with Crippen molar-refractivity contribution in [3.63, 3.8) is 0 Å². The number of sulfonamides is 1. The number of thiophene rings is 1. The molecule has 108 valence electrons. The van der Waals surface area contributed by atoms with E-state index in [9.17, 15) is 8.42 Å². The molecule has 0 fully saturated rings. The molecule has 0 aliphatic heterocycles. The molecule has 1 heterocycles. The lowest BCUT2D eigenvalue weighted by molar-refractivity contribution is 0.320. The summed E-state index contributed by atoms with van der Waals surface area (Å²) in [4.78, 5) is 0. The molecule has 0 atom stereocenters. The van der Waals surface area contributed by atoms with Gasteiger partial charge < -0.3 is 4.74 Å². The van der Waals surface area contributed by atoms with Crippen molar-refractivity contribution in [3.05, 3.63) is 47.3 Å². The fourth-order valence-corrected chi connectivity index (χ4v) is 3.81. The van der Waals surface area contributed by atoms with Crippen LogP contribution in [0.25, 0.3) is 0 Å². The fourth-order valence-electron chi connectivity index (χ4n) is 1.76. The molecule has 6 heteroatoms. The molecule has 1 aromatic carbocycles. The molecule has 2 rings (SSSR count). The summed E-state index contributed by atoms with van der Waals surface area (Å²) in [7, 11) is -3.40. The Bertz CT molecular complexity index is 636. The van der Waals surface area contributed by atoms with E-state index in [4.69, 9.17) is 4.74 Å². The van der Waals surface area contributed by atoms with Crippen molar-refractivity contribution in [2.75, 3.05) is 13.2 Å². The summed E-state index contributed by atoms with van der Waals surface area (Å²) >= 11 is 1.20. The van der Waals surface area contributed by atoms with Crippen LogP contribution < -0.4 is 9.46 Å². The number of benzene rings is 1. The highest BCUT2D eigenvalue weighted by atomic mass is 32.2. The first kappa shape index (κ1) is 15.0. The highest BCUT2D eigenvalue weighted by molar-refractivity contribution is 7.91. The third-order valence-electron chi connectivity index (χ3n) is 2.77. The molecule has 1 aromatic heterocycles. The van der Waals surface area contributed by atoms with E-state index >= 15 is 0 Å². The van der Waals surface area contributed by atoms with Crippen LogP contribution in [-0.2, 0) is 16.4 Å². The van der Waals surface area contributed by atoms with E-state index in [2.05, 4.69) is 11.6 Å². The van der Waals surface area contributed by atoms with Gasteiger partial charge >= 0.3 is 0 Å². The van der Waals surface area contributed by atoms with Crippen LogP contribution in [0.3, 0.4) is 0 Å². The van der Waals surface area contributed by atoms with Gasteiger partial charge in [0.05, 0.1) is 0 Å². The number of para-hydroxylation sites is 1. The molecule has 1 N–H and O–H groups in total. The molecular formula is C14H17NO3S2. The van der Waals surface area contributed by atoms with Gasteiger partial charge in [0.25, 0.3) is 0 Å². The van der Waals surface area contributed by atoms with Gasteiger partial charge in [-0.15, -0.1) is 11.3 Å². The summed E-state index contributed by atoms with van der Waals surface area (Å²) in [5.74, 6) is 0.810. The van der Waals surface area contributed by atoms with Gasteiger partial charge in [0.2, 0.25) is 10.0 Å². The minimum absolute atomic E-state index is 0.248. The van der Waals surface area contributed by atoms with E-state index in [1.807, 2.05) is 24.3 Å². The number of aryl methyl sites for hydroxylation is 1. The van der Waals surface area contributed by atoms with Gasteiger partial charge in [-0.3, -0.25) is 0 Å². The Balaban J connectivity index is 1.85. The molecule has 0 aliphatic carbocycles. The summed E-state index contributed by atoms with van der Waals surface area (Å²) in [6, 6.07) is 11.1. The van der Waals surface area contributed by atoms with E-state index in [1.165, 1.54) is 11.3 Å². The maximum absolute atomic E-state index is 11.9. The summed E-state index contributed by atoms with van der Waals surface area (Å²) < 4.78 is 32.2. The topological polar surface area (TPSA) is 55.4 Å². The Labute approximate surface area is 123 Å². The highest BCUT2D eigenvalue weighted by Crippen LogP contribution is 2.18. The number of hydrogen-bond donors (Lipinski definition) is 1. The summed E-state index contributed by atoms with van der Waals surface area (Å²) in [6.07, 6.45) is 0.886. The smallest absolute Gasteiger partial charge is 0.250 e. The normalized spacial score (nSPS) is 11.4. The molecule has 0 radical (unpaired) electrons. The van der Waals surface area contributed by atoms with Crippen LogP contribution in [0.15, 0.2) is 46.0 Å². The lowest BCUT2D eigenvalue weighted by Gasteiger charge is -2.10. The van der Waals surface area contributed by atoms with Crippen molar-refractivity contribution < 1.29 is 13.2 Å². The number of rotatable bonds is 7. The van der Waals surface area contributed by atoms with Crippen LogP contribution in [0.2, 0.25) is 0 Å². The Morgan fingerprint density at radius 1 is 1.20 bits per heavy atom. The van der Waals surface area contributed by atoms with Crippen LogP contribution in [-0.4, -0.2) is 21.6 Å². The monoisotopic (exact) mass is 311 g/mol. The summed E-state index contributed by atoms with van der Waals surface area (Å²) in [6.45, 7) is 2.61. The zero-order chi connectivity index (χ0) is 14.4. The second-order valence-corrected chi connectivity index (χ2v) is 7.08. The average Bonchev–Trinajstić information content (AvgIpc) is 2.99. The Morgan fingerprint density at radius 3 is 2.70 bits per heavy atom. The van der Waals surface area contributed by atoms with Gasteiger partial charge in [0.1, 0.15) is 16.6 Å². The molecule has 0 saturated carbocycles. The Morgan fingerprint density at radius 2 is 2.00 bits per heavy atom. The lowest BCUT2D eigenvalue weighted by Crippen LogP contribution is -2.27. The van der Waals surface area contributed by atoms with Crippen molar-refractivity contribution in [2.24, 2.45) is 0 Å². The molecule has 0 spiro atoms. The third kappa shape index (κ3) is 3.82. The second kappa shape index (κ2) is 6.88. The Kier molecular flexibility index (Phi) is 5.17. The summed E-state index contributed by atoms with van der Waals surface area (Å²) in [5.41, 5.74) is 1.12. The largest absolute Gasteiger partial charge is 0.492 e. The fraction of sp³-hybridized carbons (Fsp3) is 0.286. The standard InChI is InChI=1S/C14H17NO3S2/c1-2-12-6-3-4-7-13(12)18-10-9-15-20(16,17)14-8-5-11-19-14/h3-8,11,15H,2,9-10H2,1H3. The number of hydrogen-bond acceptors (Lipinski definition) is 4. The van der Waals surface area contributed by atoms with Crippen LogP contribution in [0.1, 0.15) is 12.5 Å². The molecule has 20 heavy (non-hydrogen) atoms. The molecule has 0 amide bonds. The predicted octanol–water partition coefficient (Wildman–Crippen LogP) is 2.67. The highest BCUT2D eigenvalue weighted by Gasteiger charge is 2.13. The van der Waals surface area contributed by atoms with Crippen LogP contribution >= 0.6 is 11.3 Å². The lowest BCUT2D eigenvalue weighted by atomic mass is 10.1. The van der Waals surface area contributed by atoms with Crippen molar-refractivity contribution in [3.8, 4) is 5.75 Å². The number of ether oxygens (including phenoxy) is 1. The van der Waals surface area contributed by atoms with E-state index in [-0.39, 0.29) is 6.54 Å². The first-order valence-corrected chi connectivity index (χ1v) is 8.73. The van der Waals surface area contributed by atoms with E-state index < -0.39 is 10.0 Å². The second-order valence-electron chi connectivity index (χ2n) is 4.14. The molecule has 0 unspecified atom stereocenters. The molecule has 2 aromatic rings. The van der Waals surface area contributed by atoms with Gasteiger partial charge in [0.15, 0.2) is 0 Å². The van der Waals surface area contributed by atoms with Crippen molar-refractivity contribution in [1.82, 2.24) is 4.72 Å². The maximum atomic E-state index is 11.9. The van der Waals surface area contributed by atoms with Gasteiger partial charge in [-0.05, 0) is 29.5 Å². The minimum Gasteiger partial charge on any atom is -0.492 e. The third-order valence-corrected chi connectivity index (χ3v) is 5.62. The molecular weight excluding hydrogens is 294 g/mol. The van der Waals surface area contributed by atoms with Crippen molar-refractivity contribution in [2.45, 2.75) is 17.6 Å². The van der Waals surface area contributed by atoms with Crippen LogP contribution in [0.4, 0.5) is 0 Å². The summed E-state index contributed by atoms with van der Waals surface area (Å²) in [5, 5.41) is 1.74. The van der Waals surface area contributed by atoms with E-state index in [1.54, 1.807) is 17.5 Å². The van der Waals surface area contributed by atoms with Crippen molar-refractivity contribution >= 4 is 21.4 Å². The van der Waals surface area contributed by atoms with E-state index in [0.29, 0.717) is 10.8 Å². The van der Waals surface area contributed by atoms with Crippen LogP contribution in [0, 0.1) is 0 Å². The molecule has 0 saturated heterocycles. The molecule has 4 nitrogen and oxygen atoms in total. The van der Waals surface area contributed by atoms with Crippen LogP contribution in [0.5, 0.6) is 5.75 Å². The van der Waals surface area contributed by atoms with Crippen molar-refractivity contribution in [1.29, 1.82) is 0 Å². The number of nitrogens with one attached hydrogen (secondary N) is 1. The van der Waals surface area contributed by atoms with Gasteiger partial charge in [-0.25, -0.2) is 13.1 Å². The molecule has 0 aliphatic rings. The van der Waals surface area contributed by atoms with Gasteiger partial charge in [-0.2, -0.15) is 0 Å². The van der Waals surface area contributed by atoms with Gasteiger partial charge in [0, 0.05) is 6.54 Å². The van der Waals surface area contributed by atoms with E-state index in [0.717, 1.165) is 17.7 Å². The SMILES string of the molecule is CCc1ccccc1OCCNS(=O)(=O)c1cccs1.